The maximum absolute atomic E-state index is 13.2. The van der Waals surface area contributed by atoms with E-state index < -0.39 is 29.1 Å². The Labute approximate surface area is 164 Å². The van der Waals surface area contributed by atoms with Gasteiger partial charge in [-0.2, -0.15) is 5.06 Å². The van der Waals surface area contributed by atoms with Gasteiger partial charge in [-0.15, -0.1) is 0 Å². The molecule has 3 rings (SSSR count). The predicted octanol–water partition coefficient (Wildman–Crippen LogP) is 3.55. The standard InChI is InChI=1S/C22H24N2O4/c1-13-9-11-16(12-10-13)24(28)20(26)17-19(25)23(21(27)22(17,4)5)18-14(2)7-6-8-15(18)3/h6-12,17,28H,1-5H3. The third kappa shape index (κ3) is 2.99. The monoisotopic (exact) mass is 380 g/mol. The van der Waals surface area contributed by atoms with Crippen molar-refractivity contribution in [3.8, 4) is 0 Å². The molecule has 6 heteroatoms. The molecule has 1 saturated heterocycles. The van der Waals surface area contributed by atoms with Crippen molar-refractivity contribution < 1.29 is 19.6 Å². The molecule has 1 heterocycles. The van der Waals surface area contributed by atoms with Crippen molar-refractivity contribution >= 4 is 29.1 Å². The average molecular weight is 380 g/mol. The molecule has 1 N–H and O–H groups in total. The summed E-state index contributed by atoms with van der Waals surface area (Å²) in [6.45, 7) is 8.64. The third-order valence-corrected chi connectivity index (χ3v) is 5.34. The Kier molecular flexibility index (Phi) is 4.85. The first-order valence-electron chi connectivity index (χ1n) is 9.11. The van der Waals surface area contributed by atoms with E-state index in [2.05, 4.69) is 0 Å². The number of amides is 3. The van der Waals surface area contributed by atoms with Crippen LogP contribution in [0.25, 0.3) is 0 Å². The fraction of sp³-hybridized carbons (Fsp3) is 0.318. The van der Waals surface area contributed by atoms with Gasteiger partial charge in [0.1, 0.15) is 5.92 Å². The molecule has 146 valence electrons. The number of nitrogens with zero attached hydrogens (tertiary/aromatic N) is 2. The van der Waals surface area contributed by atoms with Gasteiger partial charge in [0.2, 0.25) is 11.8 Å². The van der Waals surface area contributed by atoms with Crippen LogP contribution in [0.1, 0.15) is 30.5 Å². The summed E-state index contributed by atoms with van der Waals surface area (Å²) in [5, 5.41) is 10.9. The normalized spacial score (nSPS) is 18.5. The minimum absolute atomic E-state index is 0.247. The smallest absolute Gasteiger partial charge is 0.264 e. The number of rotatable bonds is 3. The summed E-state index contributed by atoms with van der Waals surface area (Å²) in [6.07, 6.45) is 0. The topological polar surface area (TPSA) is 77.9 Å². The lowest BCUT2D eigenvalue weighted by atomic mass is 9.80. The molecule has 0 aromatic heterocycles. The molecule has 0 aliphatic carbocycles. The fourth-order valence-electron chi connectivity index (χ4n) is 3.67. The molecule has 0 radical (unpaired) electrons. The van der Waals surface area contributed by atoms with Gasteiger partial charge in [0.15, 0.2) is 0 Å². The van der Waals surface area contributed by atoms with Gasteiger partial charge in [-0.1, -0.05) is 35.9 Å². The molecule has 6 nitrogen and oxygen atoms in total. The summed E-state index contributed by atoms with van der Waals surface area (Å²) >= 11 is 0. The molecule has 1 unspecified atom stereocenters. The maximum atomic E-state index is 13.2. The van der Waals surface area contributed by atoms with Crippen molar-refractivity contribution in [2.24, 2.45) is 11.3 Å². The Bertz CT molecular complexity index is 943. The van der Waals surface area contributed by atoms with Crippen molar-refractivity contribution in [3.63, 3.8) is 0 Å². The Balaban J connectivity index is 2.02. The second-order valence-corrected chi connectivity index (χ2v) is 7.86. The minimum Gasteiger partial charge on any atom is -0.281 e. The van der Waals surface area contributed by atoms with E-state index in [-0.39, 0.29) is 5.69 Å². The summed E-state index contributed by atoms with van der Waals surface area (Å²) in [5.41, 5.74) is 1.97. The van der Waals surface area contributed by atoms with Crippen molar-refractivity contribution in [1.29, 1.82) is 0 Å². The van der Waals surface area contributed by atoms with Crippen LogP contribution in [0.4, 0.5) is 11.4 Å². The van der Waals surface area contributed by atoms with Crippen LogP contribution in [0, 0.1) is 32.1 Å². The highest BCUT2D eigenvalue weighted by molar-refractivity contribution is 6.30. The van der Waals surface area contributed by atoms with Gasteiger partial charge in [-0.25, -0.2) is 4.90 Å². The van der Waals surface area contributed by atoms with Crippen LogP contribution in [0.5, 0.6) is 0 Å². The minimum atomic E-state index is -1.31. The first-order valence-corrected chi connectivity index (χ1v) is 9.11. The van der Waals surface area contributed by atoms with E-state index in [1.165, 1.54) is 0 Å². The molecule has 1 aliphatic rings. The van der Waals surface area contributed by atoms with Crippen molar-refractivity contribution in [3.05, 3.63) is 59.2 Å². The second-order valence-electron chi connectivity index (χ2n) is 7.86. The van der Waals surface area contributed by atoms with Crippen LogP contribution in [0.15, 0.2) is 42.5 Å². The maximum Gasteiger partial charge on any atom is 0.264 e. The molecular formula is C22H24N2O4. The second kappa shape index (κ2) is 6.87. The lowest BCUT2D eigenvalue weighted by Crippen LogP contribution is -2.42. The number of hydrogen-bond acceptors (Lipinski definition) is 4. The van der Waals surface area contributed by atoms with Crippen molar-refractivity contribution in [1.82, 2.24) is 0 Å². The van der Waals surface area contributed by atoms with E-state index in [1.54, 1.807) is 38.1 Å². The van der Waals surface area contributed by atoms with Gasteiger partial charge < -0.3 is 0 Å². The van der Waals surface area contributed by atoms with Gasteiger partial charge in [-0.05, 0) is 57.9 Å². The van der Waals surface area contributed by atoms with Crippen LogP contribution in [-0.2, 0) is 14.4 Å². The van der Waals surface area contributed by atoms with Gasteiger partial charge in [0.05, 0.1) is 16.8 Å². The summed E-state index contributed by atoms with van der Waals surface area (Å²) in [5.74, 6) is -3.21. The highest BCUT2D eigenvalue weighted by Gasteiger charge is 2.59. The lowest BCUT2D eigenvalue weighted by molar-refractivity contribution is -0.139. The fourth-order valence-corrected chi connectivity index (χ4v) is 3.67. The first-order chi connectivity index (χ1) is 13.1. The number of hydrogen-bond donors (Lipinski definition) is 1. The number of hydroxylamine groups is 1. The molecule has 0 bridgehead atoms. The van der Waals surface area contributed by atoms with E-state index in [0.29, 0.717) is 10.8 Å². The van der Waals surface area contributed by atoms with Crippen LogP contribution >= 0.6 is 0 Å². The van der Waals surface area contributed by atoms with E-state index >= 15 is 0 Å². The van der Waals surface area contributed by atoms with Crippen LogP contribution < -0.4 is 9.96 Å². The zero-order chi connectivity index (χ0) is 20.8. The number of carbonyl (C=O) groups excluding carboxylic acids is 3. The van der Waals surface area contributed by atoms with E-state index in [1.807, 2.05) is 39.0 Å². The molecule has 0 spiro atoms. The summed E-state index contributed by atoms with van der Waals surface area (Å²) < 4.78 is 0. The molecule has 3 amide bonds. The molecular weight excluding hydrogens is 356 g/mol. The number of para-hydroxylation sites is 1. The SMILES string of the molecule is Cc1ccc(N(O)C(=O)C2C(=O)N(c3c(C)cccc3C)C(=O)C2(C)C)cc1. The van der Waals surface area contributed by atoms with Crippen molar-refractivity contribution in [2.75, 3.05) is 9.96 Å². The van der Waals surface area contributed by atoms with Crippen LogP contribution in [0.2, 0.25) is 0 Å². The zero-order valence-corrected chi connectivity index (χ0v) is 16.7. The zero-order valence-electron chi connectivity index (χ0n) is 16.7. The Morgan fingerprint density at radius 1 is 1.00 bits per heavy atom. The van der Waals surface area contributed by atoms with E-state index in [0.717, 1.165) is 21.6 Å². The first kappa shape index (κ1) is 19.8. The Hall–Kier alpha value is -2.99. The molecule has 1 atom stereocenters. The molecule has 1 aliphatic heterocycles. The van der Waals surface area contributed by atoms with Gasteiger partial charge in [-0.3, -0.25) is 19.6 Å². The van der Waals surface area contributed by atoms with E-state index in [9.17, 15) is 19.6 Å². The number of anilines is 2. The summed E-state index contributed by atoms with van der Waals surface area (Å²) in [6, 6.07) is 12.2. The van der Waals surface area contributed by atoms with Gasteiger partial charge in [0, 0.05) is 0 Å². The highest BCUT2D eigenvalue weighted by atomic mass is 16.5. The third-order valence-electron chi connectivity index (χ3n) is 5.34. The molecule has 28 heavy (non-hydrogen) atoms. The van der Waals surface area contributed by atoms with Crippen molar-refractivity contribution in [2.45, 2.75) is 34.6 Å². The summed E-state index contributed by atoms with van der Waals surface area (Å²) in [4.78, 5) is 40.4. The number of aryl methyl sites for hydroxylation is 3. The lowest BCUT2D eigenvalue weighted by Gasteiger charge is -2.24. The highest BCUT2D eigenvalue weighted by Crippen LogP contribution is 2.43. The Morgan fingerprint density at radius 3 is 2.07 bits per heavy atom. The van der Waals surface area contributed by atoms with Gasteiger partial charge in [0.25, 0.3) is 5.91 Å². The predicted molar refractivity (Wildman–Crippen MR) is 106 cm³/mol. The van der Waals surface area contributed by atoms with E-state index in [4.69, 9.17) is 0 Å². The largest absolute Gasteiger partial charge is 0.281 e. The molecule has 2 aromatic rings. The van der Waals surface area contributed by atoms with Gasteiger partial charge >= 0.3 is 0 Å². The quantitative estimate of drug-likeness (QED) is 0.382. The van der Waals surface area contributed by atoms with Crippen LogP contribution in [-0.4, -0.2) is 22.9 Å². The molecule has 0 saturated carbocycles. The molecule has 2 aromatic carbocycles. The number of benzene rings is 2. The molecule has 1 fully saturated rings. The number of carbonyl (C=O) groups is 3. The Morgan fingerprint density at radius 2 is 1.54 bits per heavy atom. The average Bonchev–Trinajstić information content (AvgIpc) is 2.80. The summed E-state index contributed by atoms with van der Waals surface area (Å²) in [7, 11) is 0. The number of imide groups is 1. The van der Waals surface area contributed by atoms with Crippen LogP contribution in [0.3, 0.4) is 0 Å².